The van der Waals surface area contributed by atoms with E-state index in [1.54, 1.807) is 30.0 Å². The SMILES string of the molecule is CC(=O)C1CCN(C(=O)CCc2ccccc2F)CC1. The molecule has 0 saturated carbocycles. The fourth-order valence-electron chi connectivity index (χ4n) is 2.64. The molecule has 1 aliphatic rings. The van der Waals surface area contributed by atoms with Gasteiger partial charge in [0.05, 0.1) is 0 Å². The van der Waals surface area contributed by atoms with Gasteiger partial charge in [-0.2, -0.15) is 0 Å². The molecule has 0 radical (unpaired) electrons. The van der Waals surface area contributed by atoms with E-state index in [2.05, 4.69) is 0 Å². The molecule has 0 aliphatic carbocycles. The fourth-order valence-corrected chi connectivity index (χ4v) is 2.64. The van der Waals surface area contributed by atoms with Crippen LogP contribution in [0.1, 0.15) is 31.7 Å². The van der Waals surface area contributed by atoms with E-state index in [1.165, 1.54) is 6.07 Å². The number of hydrogen-bond acceptors (Lipinski definition) is 2. The van der Waals surface area contributed by atoms with E-state index in [-0.39, 0.29) is 23.4 Å². The lowest BCUT2D eigenvalue weighted by Crippen LogP contribution is -2.40. The molecule has 0 aromatic heterocycles. The number of carbonyl (C=O) groups excluding carboxylic acids is 2. The topological polar surface area (TPSA) is 37.4 Å². The van der Waals surface area contributed by atoms with Crippen molar-refractivity contribution < 1.29 is 14.0 Å². The molecule has 1 aromatic carbocycles. The Morgan fingerprint density at radius 1 is 1.25 bits per heavy atom. The smallest absolute Gasteiger partial charge is 0.222 e. The second kappa shape index (κ2) is 6.64. The van der Waals surface area contributed by atoms with Gasteiger partial charge in [-0.15, -0.1) is 0 Å². The Hall–Kier alpha value is -1.71. The molecule has 1 heterocycles. The second-order valence-corrected chi connectivity index (χ2v) is 5.36. The number of carbonyl (C=O) groups is 2. The molecule has 0 N–H and O–H groups in total. The number of likely N-dealkylation sites (tertiary alicyclic amines) is 1. The summed E-state index contributed by atoms with van der Waals surface area (Å²) >= 11 is 0. The zero-order valence-corrected chi connectivity index (χ0v) is 11.8. The Balaban J connectivity index is 1.82. The van der Waals surface area contributed by atoms with Crippen molar-refractivity contribution in [2.75, 3.05) is 13.1 Å². The van der Waals surface area contributed by atoms with E-state index in [1.807, 2.05) is 0 Å². The lowest BCUT2D eigenvalue weighted by atomic mass is 9.93. The van der Waals surface area contributed by atoms with E-state index in [9.17, 15) is 14.0 Å². The van der Waals surface area contributed by atoms with Crippen LogP contribution in [0.2, 0.25) is 0 Å². The molecular weight excluding hydrogens is 257 g/mol. The average molecular weight is 277 g/mol. The Labute approximate surface area is 118 Å². The molecule has 1 amide bonds. The molecule has 4 heteroatoms. The van der Waals surface area contributed by atoms with Gasteiger partial charge in [-0.05, 0) is 37.8 Å². The third-order valence-corrected chi connectivity index (χ3v) is 3.99. The van der Waals surface area contributed by atoms with Gasteiger partial charge < -0.3 is 4.90 Å². The van der Waals surface area contributed by atoms with E-state index < -0.39 is 0 Å². The van der Waals surface area contributed by atoms with Gasteiger partial charge in [-0.25, -0.2) is 4.39 Å². The number of benzene rings is 1. The number of Topliss-reactive ketones (excluding diaryl/α,β-unsaturated/α-hetero) is 1. The number of hydrogen-bond donors (Lipinski definition) is 0. The Bertz CT molecular complexity index is 493. The lowest BCUT2D eigenvalue weighted by molar-refractivity contribution is -0.134. The van der Waals surface area contributed by atoms with Crippen molar-refractivity contribution in [3.05, 3.63) is 35.6 Å². The number of halogens is 1. The molecule has 0 spiro atoms. The summed E-state index contributed by atoms with van der Waals surface area (Å²) < 4.78 is 13.5. The Morgan fingerprint density at radius 3 is 2.50 bits per heavy atom. The summed E-state index contributed by atoms with van der Waals surface area (Å²) in [5.41, 5.74) is 0.583. The standard InChI is InChI=1S/C16H20FNO2/c1-12(19)13-8-10-18(11-9-13)16(20)7-6-14-4-2-3-5-15(14)17/h2-5,13H,6-11H2,1H3. The number of amides is 1. The van der Waals surface area contributed by atoms with Crippen LogP contribution in [0.3, 0.4) is 0 Å². The minimum Gasteiger partial charge on any atom is -0.343 e. The summed E-state index contributed by atoms with van der Waals surface area (Å²) in [5, 5.41) is 0. The van der Waals surface area contributed by atoms with Crippen LogP contribution < -0.4 is 0 Å². The minimum absolute atomic E-state index is 0.0512. The third kappa shape index (κ3) is 3.65. The van der Waals surface area contributed by atoms with Crippen molar-refractivity contribution in [1.29, 1.82) is 0 Å². The molecule has 1 fully saturated rings. The Morgan fingerprint density at radius 2 is 1.90 bits per heavy atom. The zero-order valence-electron chi connectivity index (χ0n) is 11.8. The van der Waals surface area contributed by atoms with Crippen LogP contribution in [0.4, 0.5) is 4.39 Å². The maximum Gasteiger partial charge on any atom is 0.222 e. The molecule has 20 heavy (non-hydrogen) atoms. The molecule has 1 saturated heterocycles. The highest BCUT2D eigenvalue weighted by atomic mass is 19.1. The van der Waals surface area contributed by atoms with Crippen molar-refractivity contribution in [1.82, 2.24) is 4.90 Å². The molecule has 0 bridgehead atoms. The molecule has 108 valence electrons. The van der Waals surface area contributed by atoms with Gasteiger partial charge in [-0.1, -0.05) is 18.2 Å². The van der Waals surface area contributed by atoms with Crippen molar-refractivity contribution in [2.45, 2.75) is 32.6 Å². The lowest BCUT2D eigenvalue weighted by Gasteiger charge is -2.31. The predicted octanol–water partition coefficient (Wildman–Crippen LogP) is 2.59. The molecule has 1 aliphatic heterocycles. The molecule has 0 atom stereocenters. The summed E-state index contributed by atoms with van der Waals surface area (Å²) in [7, 11) is 0. The van der Waals surface area contributed by atoms with Gasteiger partial charge in [0.15, 0.2) is 0 Å². The van der Waals surface area contributed by atoms with E-state index in [0.717, 1.165) is 12.8 Å². The summed E-state index contributed by atoms with van der Waals surface area (Å²) in [6, 6.07) is 6.55. The number of ketones is 1. The highest BCUT2D eigenvalue weighted by Crippen LogP contribution is 2.19. The van der Waals surface area contributed by atoms with Crippen molar-refractivity contribution in [3.8, 4) is 0 Å². The summed E-state index contributed by atoms with van der Waals surface area (Å²) in [6.07, 6.45) is 2.26. The largest absolute Gasteiger partial charge is 0.343 e. The van der Waals surface area contributed by atoms with Gasteiger partial charge >= 0.3 is 0 Å². The molecular formula is C16H20FNO2. The molecule has 2 rings (SSSR count). The Kier molecular flexibility index (Phi) is 4.88. The number of aryl methyl sites for hydroxylation is 1. The number of piperidine rings is 1. The highest BCUT2D eigenvalue weighted by molar-refractivity contribution is 5.79. The van der Waals surface area contributed by atoms with Gasteiger partial charge in [0.1, 0.15) is 11.6 Å². The first-order valence-corrected chi connectivity index (χ1v) is 7.09. The second-order valence-electron chi connectivity index (χ2n) is 5.36. The van der Waals surface area contributed by atoms with Crippen LogP contribution in [0.25, 0.3) is 0 Å². The summed E-state index contributed by atoms with van der Waals surface area (Å²) in [5.74, 6) is 0.111. The maximum atomic E-state index is 13.5. The third-order valence-electron chi connectivity index (χ3n) is 3.99. The molecule has 0 unspecified atom stereocenters. The first kappa shape index (κ1) is 14.7. The first-order valence-electron chi connectivity index (χ1n) is 7.09. The average Bonchev–Trinajstić information content (AvgIpc) is 2.46. The molecule has 3 nitrogen and oxygen atoms in total. The van der Waals surface area contributed by atoms with Crippen molar-refractivity contribution in [2.24, 2.45) is 5.92 Å². The van der Waals surface area contributed by atoms with Crippen molar-refractivity contribution in [3.63, 3.8) is 0 Å². The zero-order chi connectivity index (χ0) is 14.5. The van der Waals surface area contributed by atoms with Gasteiger partial charge in [-0.3, -0.25) is 9.59 Å². The van der Waals surface area contributed by atoms with Crippen LogP contribution in [0.15, 0.2) is 24.3 Å². The predicted molar refractivity (Wildman–Crippen MR) is 74.7 cm³/mol. The molecule has 1 aromatic rings. The highest BCUT2D eigenvalue weighted by Gasteiger charge is 2.24. The van der Waals surface area contributed by atoms with Crippen LogP contribution in [-0.2, 0) is 16.0 Å². The monoisotopic (exact) mass is 277 g/mol. The first-order chi connectivity index (χ1) is 9.58. The van der Waals surface area contributed by atoms with Crippen LogP contribution in [0.5, 0.6) is 0 Å². The fraction of sp³-hybridized carbons (Fsp3) is 0.500. The van der Waals surface area contributed by atoms with Gasteiger partial charge in [0.25, 0.3) is 0 Å². The number of rotatable bonds is 4. The number of nitrogens with zero attached hydrogens (tertiary/aromatic N) is 1. The maximum absolute atomic E-state index is 13.5. The summed E-state index contributed by atoms with van der Waals surface area (Å²) in [6.45, 7) is 2.89. The van der Waals surface area contributed by atoms with Crippen LogP contribution in [0, 0.1) is 11.7 Å². The van der Waals surface area contributed by atoms with E-state index in [0.29, 0.717) is 31.5 Å². The van der Waals surface area contributed by atoms with E-state index >= 15 is 0 Å². The van der Waals surface area contributed by atoms with Crippen LogP contribution in [-0.4, -0.2) is 29.7 Å². The van der Waals surface area contributed by atoms with E-state index in [4.69, 9.17) is 0 Å². The van der Waals surface area contributed by atoms with Crippen molar-refractivity contribution >= 4 is 11.7 Å². The quantitative estimate of drug-likeness (QED) is 0.848. The van der Waals surface area contributed by atoms with Crippen LogP contribution >= 0.6 is 0 Å². The van der Waals surface area contributed by atoms with Gasteiger partial charge in [0, 0.05) is 25.4 Å². The normalized spacial score (nSPS) is 16.2. The summed E-state index contributed by atoms with van der Waals surface area (Å²) in [4.78, 5) is 25.1. The minimum atomic E-state index is -0.254. The van der Waals surface area contributed by atoms with Gasteiger partial charge in [0.2, 0.25) is 5.91 Å².